The van der Waals surface area contributed by atoms with Crippen LogP contribution in [0.1, 0.15) is 6.92 Å². The molecule has 1 unspecified atom stereocenters. The van der Waals surface area contributed by atoms with Crippen LogP contribution >= 0.6 is 0 Å². The van der Waals surface area contributed by atoms with E-state index in [2.05, 4.69) is 36.1 Å². The summed E-state index contributed by atoms with van der Waals surface area (Å²) < 4.78 is 0. The van der Waals surface area contributed by atoms with Crippen LogP contribution in [-0.4, -0.2) is 62.7 Å². The van der Waals surface area contributed by atoms with Crippen molar-refractivity contribution >= 4 is 0 Å². The van der Waals surface area contributed by atoms with Crippen LogP contribution in [0.2, 0.25) is 0 Å². The monoisotopic (exact) mass is 171 g/mol. The summed E-state index contributed by atoms with van der Waals surface area (Å²) >= 11 is 0. The van der Waals surface area contributed by atoms with Crippen molar-refractivity contribution in [3.8, 4) is 0 Å². The van der Waals surface area contributed by atoms with Crippen LogP contribution in [0.25, 0.3) is 0 Å². The van der Waals surface area contributed by atoms with Gasteiger partial charge in [0.1, 0.15) is 0 Å². The van der Waals surface area contributed by atoms with E-state index in [0.717, 1.165) is 13.1 Å². The molecule has 0 spiro atoms. The zero-order chi connectivity index (χ0) is 8.97. The summed E-state index contributed by atoms with van der Waals surface area (Å²) in [6, 6.07) is 0.696. The number of nitrogens with one attached hydrogen (secondary N) is 1. The molecule has 1 heterocycles. The summed E-state index contributed by atoms with van der Waals surface area (Å²) in [5.41, 5.74) is 0. The highest BCUT2D eigenvalue weighted by molar-refractivity contribution is 4.74. The molecule has 1 aliphatic heterocycles. The van der Waals surface area contributed by atoms with E-state index in [1.807, 2.05) is 0 Å². The van der Waals surface area contributed by atoms with Gasteiger partial charge in [-0.3, -0.25) is 4.90 Å². The Kier molecular flexibility index (Phi) is 3.98. The highest BCUT2D eigenvalue weighted by atomic mass is 15.2. The van der Waals surface area contributed by atoms with E-state index >= 15 is 0 Å². The Morgan fingerprint density at radius 1 is 1.33 bits per heavy atom. The third-order valence-corrected chi connectivity index (χ3v) is 2.40. The largest absolute Gasteiger partial charge is 0.314 e. The van der Waals surface area contributed by atoms with Crippen molar-refractivity contribution < 1.29 is 0 Å². The van der Waals surface area contributed by atoms with Gasteiger partial charge >= 0.3 is 0 Å². The molecule has 1 saturated heterocycles. The van der Waals surface area contributed by atoms with E-state index in [-0.39, 0.29) is 0 Å². The minimum Gasteiger partial charge on any atom is -0.314 e. The van der Waals surface area contributed by atoms with Crippen LogP contribution in [0.15, 0.2) is 0 Å². The molecule has 1 N–H and O–H groups in total. The highest BCUT2D eigenvalue weighted by Crippen LogP contribution is 2.01. The lowest BCUT2D eigenvalue weighted by molar-refractivity contribution is 0.156. The van der Waals surface area contributed by atoms with E-state index in [1.165, 1.54) is 19.6 Å². The Balaban J connectivity index is 2.24. The maximum Gasteiger partial charge on any atom is 0.0195 e. The van der Waals surface area contributed by atoms with Crippen LogP contribution in [0.4, 0.5) is 0 Å². The van der Waals surface area contributed by atoms with Gasteiger partial charge in [0.25, 0.3) is 0 Å². The summed E-state index contributed by atoms with van der Waals surface area (Å²) in [4.78, 5) is 4.81. The first-order valence-corrected chi connectivity index (χ1v) is 4.79. The zero-order valence-electron chi connectivity index (χ0n) is 8.51. The zero-order valence-corrected chi connectivity index (χ0v) is 8.51. The third kappa shape index (κ3) is 3.09. The molecule has 3 heteroatoms. The fourth-order valence-corrected chi connectivity index (χ4v) is 1.77. The molecule has 0 aromatic rings. The van der Waals surface area contributed by atoms with Crippen LogP contribution in [0.5, 0.6) is 0 Å². The van der Waals surface area contributed by atoms with Crippen LogP contribution in [0.3, 0.4) is 0 Å². The van der Waals surface area contributed by atoms with Crippen molar-refractivity contribution in [2.75, 3.05) is 46.8 Å². The van der Waals surface area contributed by atoms with Gasteiger partial charge in [-0.15, -0.1) is 0 Å². The third-order valence-electron chi connectivity index (χ3n) is 2.40. The van der Waals surface area contributed by atoms with Gasteiger partial charge in [0.15, 0.2) is 0 Å². The van der Waals surface area contributed by atoms with E-state index in [9.17, 15) is 0 Å². The molecule has 72 valence electrons. The van der Waals surface area contributed by atoms with Crippen molar-refractivity contribution in [2.45, 2.75) is 13.0 Å². The Bertz CT molecular complexity index is 119. The lowest BCUT2D eigenvalue weighted by Crippen LogP contribution is -2.50. The van der Waals surface area contributed by atoms with Crippen molar-refractivity contribution in [1.82, 2.24) is 15.1 Å². The molecule has 1 rings (SSSR count). The molecule has 1 fully saturated rings. The molecule has 0 aromatic heterocycles. The maximum atomic E-state index is 3.37. The second-order valence-electron chi connectivity index (χ2n) is 3.90. The van der Waals surface area contributed by atoms with Gasteiger partial charge in [-0.2, -0.15) is 0 Å². The molecule has 1 atom stereocenters. The smallest absolute Gasteiger partial charge is 0.0195 e. The van der Waals surface area contributed by atoms with E-state index < -0.39 is 0 Å². The molecule has 0 bridgehead atoms. The van der Waals surface area contributed by atoms with E-state index in [0.29, 0.717) is 6.04 Å². The first kappa shape index (κ1) is 9.96. The Hall–Kier alpha value is -0.120. The van der Waals surface area contributed by atoms with Gasteiger partial charge in [-0.05, 0) is 21.0 Å². The predicted molar refractivity (Wildman–Crippen MR) is 52.5 cm³/mol. The quantitative estimate of drug-likeness (QED) is 0.637. The number of likely N-dealkylation sites (N-methyl/N-ethyl adjacent to an activating group) is 1. The summed E-state index contributed by atoms with van der Waals surface area (Å²) in [6.07, 6.45) is 0. The Morgan fingerprint density at radius 2 is 1.92 bits per heavy atom. The lowest BCUT2D eigenvalue weighted by atomic mass is 10.2. The Labute approximate surface area is 75.7 Å². The van der Waals surface area contributed by atoms with Crippen LogP contribution in [0, 0.1) is 0 Å². The summed E-state index contributed by atoms with van der Waals surface area (Å²) in [5.74, 6) is 0. The molecule has 0 aromatic carbocycles. The van der Waals surface area contributed by atoms with E-state index in [1.54, 1.807) is 0 Å². The van der Waals surface area contributed by atoms with Crippen LogP contribution < -0.4 is 5.32 Å². The van der Waals surface area contributed by atoms with Crippen molar-refractivity contribution in [3.05, 3.63) is 0 Å². The molecule has 1 aliphatic rings. The molecule has 12 heavy (non-hydrogen) atoms. The van der Waals surface area contributed by atoms with Crippen molar-refractivity contribution in [3.63, 3.8) is 0 Å². The molecular weight excluding hydrogens is 150 g/mol. The first-order chi connectivity index (χ1) is 5.70. The first-order valence-electron chi connectivity index (χ1n) is 4.79. The maximum absolute atomic E-state index is 3.37. The standard InChI is InChI=1S/C9H21N3/c1-9(8-11(2)3)12-6-4-10-5-7-12/h9-10H,4-8H2,1-3H3. The van der Waals surface area contributed by atoms with Crippen molar-refractivity contribution in [2.24, 2.45) is 0 Å². The molecule has 0 radical (unpaired) electrons. The highest BCUT2D eigenvalue weighted by Gasteiger charge is 2.16. The number of hydrogen-bond donors (Lipinski definition) is 1. The second-order valence-corrected chi connectivity index (χ2v) is 3.90. The number of nitrogens with zero attached hydrogens (tertiary/aromatic N) is 2. The molecule has 3 nitrogen and oxygen atoms in total. The second kappa shape index (κ2) is 4.80. The number of hydrogen-bond acceptors (Lipinski definition) is 3. The minimum absolute atomic E-state index is 0.696. The molecule has 0 aliphatic carbocycles. The SMILES string of the molecule is CC(CN(C)C)N1CCNCC1. The predicted octanol–water partition coefficient (Wildman–Crippen LogP) is -0.158. The molecule has 0 saturated carbocycles. The minimum atomic E-state index is 0.696. The topological polar surface area (TPSA) is 18.5 Å². The molecular formula is C9H21N3. The van der Waals surface area contributed by atoms with Crippen molar-refractivity contribution in [1.29, 1.82) is 0 Å². The Morgan fingerprint density at radius 3 is 2.42 bits per heavy atom. The fraction of sp³-hybridized carbons (Fsp3) is 1.00. The number of rotatable bonds is 3. The summed E-state index contributed by atoms with van der Waals surface area (Å²) in [5, 5.41) is 3.37. The number of piperazine rings is 1. The summed E-state index contributed by atoms with van der Waals surface area (Å²) in [6.45, 7) is 8.19. The normalized spacial score (nSPS) is 23.0. The lowest BCUT2D eigenvalue weighted by Gasteiger charge is -2.34. The fourth-order valence-electron chi connectivity index (χ4n) is 1.77. The van der Waals surface area contributed by atoms with Gasteiger partial charge in [-0.25, -0.2) is 0 Å². The molecule has 0 amide bonds. The average Bonchev–Trinajstić information content (AvgIpc) is 2.05. The van der Waals surface area contributed by atoms with Crippen LogP contribution in [-0.2, 0) is 0 Å². The van der Waals surface area contributed by atoms with Gasteiger partial charge in [-0.1, -0.05) is 0 Å². The van der Waals surface area contributed by atoms with E-state index in [4.69, 9.17) is 0 Å². The van der Waals surface area contributed by atoms with Gasteiger partial charge in [0.2, 0.25) is 0 Å². The average molecular weight is 171 g/mol. The van der Waals surface area contributed by atoms with Gasteiger partial charge in [0.05, 0.1) is 0 Å². The summed E-state index contributed by atoms with van der Waals surface area (Å²) in [7, 11) is 4.28. The van der Waals surface area contributed by atoms with Gasteiger partial charge in [0, 0.05) is 38.8 Å². The van der Waals surface area contributed by atoms with Gasteiger partial charge < -0.3 is 10.2 Å².